The second-order valence-electron chi connectivity index (χ2n) is 18.7. The smallest absolute Gasteiger partial charge is 0.362 e. The molecule has 0 aliphatic rings. The lowest BCUT2D eigenvalue weighted by molar-refractivity contribution is -0.887. The van der Waals surface area contributed by atoms with E-state index in [0.717, 1.165) is 83.5 Å². The van der Waals surface area contributed by atoms with E-state index in [0.29, 0.717) is 19.3 Å². The van der Waals surface area contributed by atoms with Crippen LogP contribution in [-0.2, 0) is 28.6 Å². The molecule has 0 radical (unpaired) electrons. The minimum Gasteiger partial charge on any atom is -0.477 e. The number of aliphatic carboxylic acids is 1. The summed E-state index contributed by atoms with van der Waals surface area (Å²) in [5.41, 5.74) is 0. The van der Waals surface area contributed by atoms with E-state index < -0.39 is 18.1 Å². The van der Waals surface area contributed by atoms with Crippen LogP contribution in [0.15, 0.2) is 97.2 Å². The van der Waals surface area contributed by atoms with E-state index in [9.17, 15) is 19.5 Å². The monoisotopic (exact) mass is 935 g/mol. The molecule has 67 heavy (non-hydrogen) atoms. The van der Waals surface area contributed by atoms with Crippen LogP contribution in [0.5, 0.6) is 0 Å². The summed E-state index contributed by atoms with van der Waals surface area (Å²) in [6, 6.07) is -0.631. The third kappa shape index (κ3) is 47.1. The molecule has 0 spiro atoms. The van der Waals surface area contributed by atoms with Gasteiger partial charge in [-0.15, -0.1) is 0 Å². The van der Waals surface area contributed by atoms with Crippen LogP contribution in [-0.4, -0.2) is 80.6 Å². The first-order valence-corrected chi connectivity index (χ1v) is 26.8. The van der Waals surface area contributed by atoms with Gasteiger partial charge >= 0.3 is 17.9 Å². The maximum Gasteiger partial charge on any atom is 0.362 e. The molecule has 0 aromatic heterocycles. The number of ether oxygens (including phenoxy) is 3. The Balaban J connectivity index is 4.35. The summed E-state index contributed by atoms with van der Waals surface area (Å²) < 4.78 is 17.3. The van der Waals surface area contributed by atoms with Gasteiger partial charge in [-0.25, -0.2) is 4.79 Å². The standard InChI is InChI=1S/C59H99NO7/c1-6-8-10-12-14-16-18-20-22-24-26-28-29-30-32-34-36-38-40-42-44-46-48-50-58(62)67-55(53-65-52-51-56(59(63)64)60(3,4)5)54-66-57(61)49-47-45-43-41-39-37-35-33-31-27-25-23-21-19-17-15-13-11-9-7-2/h9,11,15,17,21,23,26-28,30-32,35,37,41,43,55-56H,6-8,10,12-14,16,18-20,22,24-25,29,33-34,36,38-40,42,44-54H2,1-5H3/p+1/b11-9+,17-15+,23-21+,28-26+,31-27+,32-30+,37-35+,43-41+. The van der Waals surface area contributed by atoms with Gasteiger partial charge in [0.2, 0.25) is 0 Å². The largest absolute Gasteiger partial charge is 0.477 e. The van der Waals surface area contributed by atoms with E-state index in [-0.39, 0.29) is 42.7 Å². The average molecular weight is 935 g/mol. The predicted molar refractivity (Wildman–Crippen MR) is 284 cm³/mol. The number of esters is 2. The summed E-state index contributed by atoms with van der Waals surface area (Å²) in [5.74, 6) is -1.56. The number of carboxylic acids is 1. The Morgan fingerprint density at radius 3 is 1.28 bits per heavy atom. The quantitative estimate of drug-likeness (QED) is 0.0281. The summed E-state index contributed by atoms with van der Waals surface area (Å²) in [6.45, 7) is 4.56. The topological polar surface area (TPSA) is 99.1 Å². The third-order valence-corrected chi connectivity index (χ3v) is 11.5. The molecule has 0 amide bonds. The number of unbranched alkanes of at least 4 members (excludes halogenated alkanes) is 17. The number of hydrogen-bond acceptors (Lipinski definition) is 6. The van der Waals surface area contributed by atoms with E-state index in [4.69, 9.17) is 14.2 Å². The van der Waals surface area contributed by atoms with E-state index in [1.807, 2.05) is 21.1 Å². The second kappa shape index (κ2) is 48.7. The number of allylic oxidation sites excluding steroid dienone is 16. The highest BCUT2D eigenvalue weighted by Gasteiger charge is 2.31. The molecule has 0 aromatic rings. The van der Waals surface area contributed by atoms with Crippen molar-refractivity contribution in [3.05, 3.63) is 97.2 Å². The maximum atomic E-state index is 12.8. The fourth-order valence-corrected chi connectivity index (χ4v) is 7.37. The van der Waals surface area contributed by atoms with E-state index in [1.165, 1.54) is 83.5 Å². The van der Waals surface area contributed by atoms with Gasteiger partial charge in [0.25, 0.3) is 0 Å². The fourth-order valence-electron chi connectivity index (χ4n) is 7.37. The first-order chi connectivity index (χ1) is 32.6. The molecule has 0 heterocycles. The first kappa shape index (κ1) is 63.2. The molecule has 382 valence electrons. The molecule has 1 N–H and O–H groups in total. The molecule has 0 aliphatic carbocycles. The van der Waals surface area contributed by atoms with E-state index >= 15 is 0 Å². The molecule has 0 fully saturated rings. The average Bonchev–Trinajstić information content (AvgIpc) is 3.29. The van der Waals surface area contributed by atoms with Crippen LogP contribution in [0.25, 0.3) is 0 Å². The number of carbonyl (C=O) groups excluding carboxylic acids is 2. The van der Waals surface area contributed by atoms with Crippen LogP contribution in [0.1, 0.15) is 206 Å². The molecular formula is C59H100NO7+. The number of carbonyl (C=O) groups is 3. The first-order valence-electron chi connectivity index (χ1n) is 26.8. The van der Waals surface area contributed by atoms with Gasteiger partial charge in [0, 0.05) is 19.3 Å². The van der Waals surface area contributed by atoms with Crippen LogP contribution in [0.4, 0.5) is 0 Å². The van der Waals surface area contributed by atoms with Gasteiger partial charge in [-0.05, 0) is 89.9 Å². The van der Waals surface area contributed by atoms with Crippen molar-refractivity contribution in [1.82, 2.24) is 0 Å². The zero-order valence-electron chi connectivity index (χ0n) is 43.6. The van der Waals surface area contributed by atoms with Crippen molar-refractivity contribution >= 4 is 17.9 Å². The van der Waals surface area contributed by atoms with Gasteiger partial charge in [0.15, 0.2) is 12.1 Å². The third-order valence-electron chi connectivity index (χ3n) is 11.5. The summed E-state index contributed by atoms with van der Waals surface area (Å²) in [7, 11) is 5.51. The van der Waals surface area contributed by atoms with E-state index in [1.54, 1.807) is 0 Å². The number of quaternary nitrogens is 1. The van der Waals surface area contributed by atoms with E-state index in [2.05, 4.69) is 111 Å². The molecule has 0 bridgehead atoms. The van der Waals surface area contributed by atoms with Gasteiger partial charge in [-0.2, -0.15) is 0 Å². The minimum absolute atomic E-state index is 0.0341. The molecule has 0 aromatic carbocycles. The van der Waals surface area contributed by atoms with Crippen molar-refractivity contribution in [3.8, 4) is 0 Å². The van der Waals surface area contributed by atoms with Crippen LogP contribution in [0.2, 0.25) is 0 Å². The van der Waals surface area contributed by atoms with Crippen molar-refractivity contribution in [2.75, 3.05) is 41.0 Å². The Bertz CT molecular complexity index is 1410. The number of hydrogen-bond donors (Lipinski definition) is 1. The van der Waals surface area contributed by atoms with Crippen LogP contribution < -0.4 is 0 Å². The predicted octanol–water partition coefficient (Wildman–Crippen LogP) is 15.8. The van der Waals surface area contributed by atoms with Crippen molar-refractivity contribution in [2.45, 2.75) is 219 Å². The summed E-state index contributed by atoms with van der Waals surface area (Å²) in [6.07, 6.45) is 66.1. The Hall–Kier alpha value is -3.75. The molecule has 0 aliphatic heterocycles. The highest BCUT2D eigenvalue weighted by atomic mass is 16.6. The Morgan fingerprint density at radius 2 is 0.851 bits per heavy atom. The number of nitrogens with zero attached hydrogens (tertiary/aromatic N) is 1. The molecule has 8 nitrogen and oxygen atoms in total. The lowest BCUT2D eigenvalue weighted by Crippen LogP contribution is -2.50. The Labute approximate surface area is 411 Å². The molecule has 2 atom stereocenters. The zero-order chi connectivity index (χ0) is 49.2. The molecule has 2 unspecified atom stereocenters. The fraction of sp³-hybridized carbons (Fsp3) is 0.678. The summed E-state index contributed by atoms with van der Waals surface area (Å²) in [5, 5.41) is 9.66. The number of likely N-dealkylation sites (N-methyl/N-ethyl adjacent to an activating group) is 1. The Morgan fingerprint density at radius 1 is 0.463 bits per heavy atom. The van der Waals surface area contributed by atoms with Gasteiger partial charge in [0.1, 0.15) is 6.61 Å². The normalized spacial score (nSPS) is 13.6. The van der Waals surface area contributed by atoms with Gasteiger partial charge in [-0.3, -0.25) is 9.59 Å². The highest BCUT2D eigenvalue weighted by Crippen LogP contribution is 2.14. The Kier molecular flexibility index (Phi) is 46.0. The lowest BCUT2D eigenvalue weighted by Gasteiger charge is -2.31. The van der Waals surface area contributed by atoms with Crippen molar-refractivity contribution in [1.29, 1.82) is 0 Å². The SMILES string of the molecule is CC/C=C/C/C=C/C/C=C/C/C=C/C/C=C/C/C=C/CCCC(=O)OCC(COCCC(C(=O)O)[N+](C)(C)C)OC(=O)CCCCCCCCC/C=C/C/C=C/CCCCCCCCCCC. The van der Waals surface area contributed by atoms with Gasteiger partial charge in [-0.1, -0.05) is 195 Å². The number of rotatable bonds is 47. The highest BCUT2D eigenvalue weighted by molar-refractivity contribution is 5.72. The molecule has 0 saturated carbocycles. The summed E-state index contributed by atoms with van der Waals surface area (Å²) >= 11 is 0. The second-order valence-corrected chi connectivity index (χ2v) is 18.7. The van der Waals surface area contributed by atoms with Gasteiger partial charge in [0.05, 0.1) is 34.4 Å². The van der Waals surface area contributed by atoms with Crippen molar-refractivity contribution < 1.29 is 38.2 Å². The van der Waals surface area contributed by atoms with Crippen molar-refractivity contribution in [3.63, 3.8) is 0 Å². The van der Waals surface area contributed by atoms with Crippen molar-refractivity contribution in [2.24, 2.45) is 0 Å². The molecule has 0 rings (SSSR count). The lowest BCUT2D eigenvalue weighted by atomic mass is 10.1. The molecule has 8 heteroatoms. The van der Waals surface area contributed by atoms with Gasteiger partial charge < -0.3 is 23.8 Å². The minimum atomic E-state index is -0.887. The molecular weight excluding hydrogens is 835 g/mol. The van der Waals surface area contributed by atoms with Crippen LogP contribution in [0, 0.1) is 0 Å². The zero-order valence-corrected chi connectivity index (χ0v) is 43.6. The molecule has 0 saturated heterocycles. The maximum absolute atomic E-state index is 12.8. The number of carboxylic acid groups (broad SMARTS) is 1. The van der Waals surface area contributed by atoms with Crippen LogP contribution >= 0.6 is 0 Å². The summed E-state index contributed by atoms with van der Waals surface area (Å²) in [4.78, 5) is 37.2. The van der Waals surface area contributed by atoms with Crippen LogP contribution in [0.3, 0.4) is 0 Å².